The van der Waals surface area contributed by atoms with Crippen LogP contribution >= 0.6 is 0 Å². The van der Waals surface area contributed by atoms with Crippen LogP contribution in [-0.4, -0.2) is 40.5 Å². The van der Waals surface area contributed by atoms with Crippen molar-refractivity contribution in [3.05, 3.63) is 71.9 Å². The molecular formula is C29H33BN6. The van der Waals surface area contributed by atoms with Crippen LogP contribution in [0.5, 0.6) is 0 Å². The molecule has 5 heterocycles. The fraction of sp³-hybridized carbons (Fsp3) is 0.379. The number of anilines is 1. The van der Waals surface area contributed by atoms with Crippen molar-refractivity contribution in [3.8, 4) is 17.2 Å². The van der Waals surface area contributed by atoms with Crippen molar-refractivity contribution < 1.29 is 0 Å². The Bertz CT molecular complexity index is 1360. The normalized spacial score (nSPS) is 14.4. The fourth-order valence-electron chi connectivity index (χ4n) is 5.33. The van der Waals surface area contributed by atoms with E-state index in [1.54, 1.807) is 6.20 Å². The number of aryl methyl sites for hydroxylation is 1. The molecule has 0 N–H and O–H groups in total. The Morgan fingerprint density at radius 1 is 1.11 bits per heavy atom. The van der Waals surface area contributed by atoms with Gasteiger partial charge in [-0.3, -0.25) is 4.98 Å². The van der Waals surface area contributed by atoms with Crippen molar-refractivity contribution in [3.63, 3.8) is 0 Å². The van der Waals surface area contributed by atoms with Gasteiger partial charge in [-0.05, 0) is 73.8 Å². The minimum absolute atomic E-state index is 0.600. The Morgan fingerprint density at radius 2 is 1.94 bits per heavy atom. The summed E-state index contributed by atoms with van der Waals surface area (Å²) in [6, 6.07) is 12.8. The highest BCUT2D eigenvalue weighted by molar-refractivity contribution is 6.38. The van der Waals surface area contributed by atoms with E-state index in [1.165, 1.54) is 16.7 Å². The van der Waals surface area contributed by atoms with Crippen LogP contribution < -0.4 is 10.4 Å². The van der Waals surface area contributed by atoms with Crippen LogP contribution in [0.3, 0.4) is 0 Å². The Morgan fingerprint density at radius 3 is 2.61 bits per heavy atom. The summed E-state index contributed by atoms with van der Waals surface area (Å²) in [5, 5.41) is 14.2. The summed E-state index contributed by atoms with van der Waals surface area (Å²) in [5.41, 5.74) is 7.25. The van der Waals surface area contributed by atoms with Crippen LogP contribution in [0.25, 0.3) is 16.6 Å². The van der Waals surface area contributed by atoms with Crippen molar-refractivity contribution >= 4 is 24.6 Å². The minimum atomic E-state index is 0.600. The number of piperidine rings is 1. The number of nitriles is 1. The van der Waals surface area contributed by atoms with E-state index in [0.29, 0.717) is 17.4 Å². The van der Waals surface area contributed by atoms with E-state index in [9.17, 15) is 5.26 Å². The highest BCUT2D eigenvalue weighted by Crippen LogP contribution is 2.29. The summed E-state index contributed by atoms with van der Waals surface area (Å²) in [6.07, 6.45) is 13.1. The summed E-state index contributed by atoms with van der Waals surface area (Å²) in [6.45, 7) is 6.53. The van der Waals surface area contributed by atoms with Crippen LogP contribution in [-0.2, 0) is 12.8 Å². The van der Waals surface area contributed by atoms with Gasteiger partial charge in [0.25, 0.3) is 0 Å². The molecule has 0 amide bonds. The van der Waals surface area contributed by atoms with Crippen LogP contribution in [0.4, 0.5) is 5.82 Å². The molecule has 182 valence electrons. The summed E-state index contributed by atoms with van der Waals surface area (Å²) in [4.78, 5) is 11.8. The molecule has 0 spiro atoms. The molecule has 0 bridgehead atoms. The third-order valence-corrected chi connectivity index (χ3v) is 7.48. The zero-order valence-electron chi connectivity index (χ0n) is 21.5. The van der Waals surface area contributed by atoms with Gasteiger partial charge in [-0.25, -0.2) is 9.50 Å². The maximum Gasteiger partial charge on any atom is 0.140 e. The smallest absolute Gasteiger partial charge is 0.140 e. The van der Waals surface area contributed by atoms with E-state index in [2.05, 4.69) is 73.2 Å². The molecule has 0 radical (unpaired) electrons. The average molecular weight is 476 g/mol. The molecule has 1 fully saturated rings. The quantitative estimate of drug-likeness (QED) is 0.378. The number of pyridine rings is 3. The van der Waals surface area contributed by atoms with Gasteiger partial charge in [0.15, 0.2) is 0 Å². The zero-order valence-corrected chi connectivity index (χ0v) is 21.5. The second-order valence-electron chi connectivity index (χ2n) is 10.4. The molecule has 4 aromatic rings. The van der Waals surface area contributed by atoms with Crippen molar-refractivity contribution in [2.24, 2.45) is 11.8 Å². The number of hydrogen-bond donors (Lipinski definition) is 0. The Labute approximate surface area is 214 Å². The summed E-state index contributed by atoms with van der Waals surface area (Å²) in [7, 11) is 2.17. The molecule has 1 aliphatic heterocycles. The van der Waals surface area contributed by atoms with Crippen LogP contribution in [0.2, 0.25) is 0 Å². The largest absolute Gasteiger partial charge is 0.357 e. The lowest BCUT2D eigenvalue weighted by atomic mass is 9.81. The molecule has 36 heavy (non-hydrogen) atoms. The predicted octanol–water partition coefficient (Wildman–Crippen LogP) is 3.97. The number of aromatic nitrogens is 4. The van der Waals surface area contributed by atoms with Crippen LogP contribution in [0.1, 0.15) is 49.9 Å². The van der Waals surface area contributed by atoms with Gasteiger partial charge < -0.3 is 4.90 Å². The minimum Gasteiger partial charge on any atom is -0.357 e. The van der Waals surface area contributed by atoms with Gasteiger partial charge in [0, 0.05) is 48.5 Å². The number of hydrogen-bond acceptors (Lipinski definition) is 5. The van der Waals surface area contributed by atoms with Gasteiger partial charge in [-0.15, -0.1) is 0 Å². The molecule has 0 saturated carbocycles. The van der Waals surface area contributed by atoms with Crippen molar-refractivity contribution in [1.29, 1.82) is 5.26 Å². The molecule has 5 rings (SSSR count). The highest BCUT2D eigenvalue weighted by Gasteiger charge is 2.22. The van der Waals surface area contributed by atoms with E-state index >= 15 is 0 Å². The van der Waals surface area contributed by atoms with Crippen LogP contribution in [0, 0.1) is 23.2 Å². The maximum atomic E-state index is 9.73. The lowest BCUT2D eigenvalue weighted by Gasteiger charge is -2.32. The zero-order chi connectivity index (χ0) is 25.1. The lowest BCUT2D eigenvalue weighted by Crippen LogP contribution is -2.34. The fourth-order valence-corrected chi connectivity index (χ4v) is 5.33. The van der Waals surface area contributed by atoms with E-state index in [0.717, 1.165) is 67.7 Å². The SMILES string of the molecule is Bc1c(CCC(C)C)cn2ncc(C#N)c2c1-c1ccc(N2CCC(Cc3ccccn3)CC2)nc1. The molecule has 0 aliphatic carbocycles. The second-order valence-corrected chi connectivity index (χ2v) is 10.4. The highest BCUT2D eigenvalue weighted by atomic mass is 15.2. The van der Waals surface area contributed by atoms with E-state index in [1.807, 2.05) is 23.0 Å². The molecule has 0 unspecified atom stereocenters. The molecule has 1 aliphatic rings. The van der Waals surface area contributed by atoms with Crippen molar-refractivity contribution in [1.82, 2.24) is 19.6 Å². The number of nitrogens with zero attached hydrogens (tertiary/aromatic N) is 6. The van der Waals surface area contributed by atoms with Crippen molar-refractivity contribution in [2.75, 3.05) is 18.0 Å². The molecular weight excluding hydrogens is 443 g/mol. The first-order valence-corrected chi connectivity index (χ1v) is 13.0. The molecule has 7 heteroatoms. The first kappa shape index (κ1) is 24.1. The summed E-state index contributed by atoms with van der Waals surface area (Å²) >= 11 is 0. The molecule has 0 aromatic carbocycles. The lowest BCUT2D eigenvalue weighted by molar-refractivity contribution is 0.399. The summed E-state index contributed by atoms with van der Waals surface area (Å²) in [5.74, 6) is 2.32. The first-order chi connectivity index (χ1) is 17.5. The monoisotopic (exact) mass is 476 g/mol. The molecule has 6 nitrogen and oxygen atoms in total. The predicted molar refractivity (Wildman–Crippen MR) is 147 cm³/mol. The van der Waals surface area contributed by atoms with Gasteiger partial charge in [-0.2, -0.15) is 10.4 Å². The first-order valence-electron chi connectivity index (χ1n) is 13.0. The number of fused-ring (bicyclic) bond motifs is 1. The van der Waals surface area contributed by atoms with Crippen molar-refractivity contribution in [2.45, 2.75) is 46.0 Å². The van der Waals surface area contributed by atoms with E-state index in [4.69, 9.17) is 4.98 Å². The van der Waals surface area contributed by atoms with Gasteiger partial charge in [0.2, 0.25) is 0 Å². The standard InChI is InChI=1S/C29H33BN6/c1-20(2)6-7-23-19-36-29(24(16-31)18-34-36)27(28(23)30)22-8-9-26(33-17-22)35-13-10-21(11-14-35)15-25-5-3-4-12-32-25/h3-5,8-9,12,17-21H,6-7,10-11,13-15,30H2,1-2H3. The average Bonchev–Trinajstić information content (AvgIpc) is 3.31. The third-order valence-electron chi connectivity index (χ3n) is 7.48. The molecule has 4 aromatic heterocycles. The van der Waals surface area contributed by atoms with Gasteiger partial charge in [0.1, 0.15) is 19.7 Å². The van der Waals surface area contributed by atoms with Gasteiger partial charge >= 0.3 is 0 Å². The topological polar surface area (TPSA) is 70.1 Å². The second kappa shape index (κ2) is 10.5. The summed E-state index contributed by atoms with van der Waals surface area (Å²) < 4.78 is 1.87. The third kappa shape index (κ3) is 4.99. The number of rotatable bonds is 7. The molecule has 0 atom stereocenters. The van der Waals surface area contributed by atoms with E-state index < -0.39 is 0 Å². The Hall–Kier alpha value is -3.66. The van der Waals surface area contributed by atoms with Gasteiger partial charge in [0.05, 0.1) is 17.3 Å². The van der Waals surface area contributed by atoms with Crippen LogP contribution in [0.15, 0.2) is 55.1 Å². The van der Waals surface area contributed by atoms with E-state index in [-0.39, 0.29) is 0 Å². The molecule has 1 saturated heterocycles. The van der Waals surface area contributed by atoms with Gasteiger partial charge in [-0.1, -0.05) is 25.4 Å². The Kier molecular flexibility index (Phi) is 7.04. The maximum absolute atomic E-state index is 9.73. The Balaban J connectivity index is 1.37.